The fourth-order valence-corrected chi connectivity index (χ4v) is 4.13. The minimum Gasteiger partial charge on any atom is -0.390 e. The second-order valence-electron chi connectivity index (χ2n) is 4.98. The van der Waals surface area contributed by atoms with Gasteiger partial charge in [-0.3, -0.25) is 0 Å². The fourth-order valence-electron chi connectivity index (χ4n) is 3.12. The molecule has 0 unspecified atom stereocenters. The second-order valence-corrected chi connectivity index (χ2v) is 5.93. The first kappa shape index (κ1) is 8.93. The molecule has 0 atom stereocenters. The maximum Gasteiger partial charge on any atom is 0.0648 e. The molecule has 0 radical (unpaired) electrons. The third kappa shape index (κ3) is 1.17. The average molecular weight is 208 g/mol. The molecule has 1 aromatic heterocycles. The monoisotopic (exact) mass is 208 g/mol. The van der Waals surface area contributed by atoms with E-state index in [4.69, 9.17) is 0 Å². The minimum atomic E-state index is -0.293. The van der Waals surface area contributed by atoms with Crippen LogP contribution >= 0.6 is 11.3 Å². The van der Waals surface area contributed by atoms with Crippen molar-refractivity contribution in [2.75, 3.05) is 0 Å². The Morgan fingerprint density at radius 3 is 2.21 bits per heavy atom. The van der Waals surface area contributed by atoms with E-state index in [1.165, 1.54) is 19.3 Å². The largest absolute Gasteiger partial charge is 0.390 e. The Bertz CT molecular complexity index is 304. The summed E-state index contributed by atoms with van der Waals surface area (Å²) in [6, 6.07) is 4.44. The summed E-state index contributed by atoms with van der Waals surface area (Å²) in [7, 11) is 0. The first-order valence-corrected chi connectivity index (χ1v) is 6.37. The highest BCUT2D eigenvalue weighted by Gasteiger charge is 2.48. The van der Waals surface area contributed by atoms with Gasteiger partial charge in [0, 0.05) is 10.3 Å². The smallest absolute Gasteiger partial charge is 0.0648 e. The molecule has 1 heterocycles. The molecule has 3 aliphatic carbocycles. The van der Waals surface area contributed by atoms with Gasteiger partial charge >= 0.3 is 0 Å². The van der Waals surface area contributed by atoms with Crippen LogP contribution in [0.5, 0.6) is 0 Å². The molecule has 0 spiro atoms. The van der Waals surface area contributed by atoms with Crippen molar-refractivity contribution in [2.45, 2.75) is 49.5 Å². The van der Waals surface area contributed by atoms with Gasteiger partial charge in [-0.15, -0.1) is 11.3 Å². The van der Waals surface area contributed by atoms with E-state index in [9.17, 15) is 5.11 Å². The number of fused-ring (bicyclic) bond motifs is 3. The highest BCUT2D eigenvalue weighted by molar-refractivity contribution is 7.10. The SMILES string of the molecule is OC12CCC(c3cccs3)(CC1)CC2. The molecule has 3 fully saturated rings. The Kier molecular flexibility index (Phi) is 1.80. The summed E-state index contributed by atoms with van der Waals surface area (Å²) in [6.45, 7) is 0. The van der Waals surface area contributed by atoms with Gasteiger partial charge in [-0.05, 0) is 50.0 Å². The third-order valence-electron chi connectivity index (χ3n) is 4.25. The minimum absolute atomic E-state index is 0.293. The van der Waals surface area contributed by atoms with Gasteiger partial charge in [0.2, 0.25) is 0 Å². The standard InChI is InChI=1S/C12H16OS/c13-12-6-3-11(4-7-12,5-8-12)10-2-1-9-14-10/h1-2,9,13H,3-8H2. The average Bonchev–Trinajstić information content (AvgIpc) is 2.73. The molecule has 3 aliphatic rings. The summed E-state index contributed by atoms with van der Waals surface area (Å²) in [5.41, 5.74) is 0.150. The molecule has 1 nitrogen and oxygen atoms in total. The quantitative estimate of drug-likeness (QED) is 0.752. The van der Waals surface area contributed by atoms with Crippen molar-refractivity contribution < 1.29 is 5.11 Å². The van der Waals surface area contributed by atoms with Gasteiger partial charge in [0.25, 0.3) is 0 Å². The number of hydrogen-bond donors (Lipinski definition) is 1. The number of thiophene rings is 1. The Morgan fingerprint density at radius 2 is 1.71 bits per heavy atom. The lowest BCUT2D eigenvalue weighted by Crippen LogP contribution is -2.47. The Labute approximate surface area is 88.8 Å². The molecule has 0 aliphatic heterocycles. The van der Waals surface area contributed by atoms with Crippen LogP contribution < -0.4 is 0 Å². The van der Waals surface area contributed by atoms with E-state index < -0.39 is 0 Å². The molecule has 0 saturated heterocycles. The van der Waals surface area contributed by atoms with E-state index in [0.29, 0.717) is 5.41 Å². The predicted octanol–water partition coefficient (Wildman–Crippen LogP) is 3.08. The lowest BCUT2D eigenvalue weighted by atomic mass is 9.58. The van der Waals surface area contributed by atoms with Crippen LogP contribution in [-0.4, -0.2) is 10.7 Å². The van der Waals surface area contributed by atoms with Gasteiger partial charge < -0.3 is 5.11 Å². The lowest BCUT2D eigenvalue weighted by Gasteiger charge is -2.50. The van der Waals surface area contributed by atoms with Crippen molar-refractivity contribution in [2.24, 2.45) is 0 Å². The van der Waals surface area contributed by atoms with Crippen molar-refractivity contribution in [3.05, 3.63) is 22.4 Å². The molecule has 1 aromatic rings. The molecule has 0 aromatic carbocycles. The summed E-state index contributed by atoms with van der Waals surface area (Å²) >= 11 is 1.89. The molecule has 14 heavy (non-hydrogen) atoms. The summed E-state index contributed by atoms with van der Waals surface area (Å²) in [6.07, 6.45) is 6.65. The van der Waals surface area contributed by atoms with E-state index in [1.807, 2.05) is 11.3 Å². The Balaban J connectivity index is 1.93. The highest BCUT2D eigenvalue weighted by atomic mass is 32.1. The van der Waals surface area contributed by atoms with E-state index >= 15 is 0 Å². The van der Waals surface area contributed by atoms with Gasteiger partial charge in [-0.25, -0.2) is 0 Å². The molecule has 76 valence electrons. The summed E-state index contributed by atoms with van der Waals surface area (Å²) < 4.78 is 0. The first-order valence-electron chi connectivity index (χ1n) is 5.49. The molecule has 2 bridgehead atoms. The number of hydrogen-bond acceptors (Lipinski definition) is 2. The van der Waals surface area contributed by atoms with Gasteiger partial charge in [-0.1, -0.05) is 6.07 Å². The Hall–Kier alpha value is -0.340. The Morgan fingerprint density at radius 1 is 1.07 bits per heavy atom. The maximum absolute atomic E-state index is 10.1. The van der Waals surface area contributed by atoms with Gasteiger partial charge in [0.15, 0.2) is 0 Å². The molecule has 4 rings (SSSR count). The second kappa shape index (κ2) is 2.83. The van der Waals surface area contributed by atoms with E-state index in [1.54, 1.807) is 4.88 Å². The predicted molar refractivity (Wildman–Crippen MR) is 58.6 cm³/mol. The van der Waals surface area contributed by atoms with Crippen LogP contribution in [0.25, 0.3) is 0 Å². The molecule has 1 N–H and O–H groups in total. The van der Waals surface area contributed by atoms with Crippen molar-refractivity contribution in [1.82, 2.24) is 0 Å². The van der Waals surface area contributed by atoms with Crippen LogP contribution in [0.3, 0.4) is 0 Å². The molecular weight excluding hydrogens is 192 g/mol. The van der Waals surface area contributed by atoms with Crippen LogP contribution in [0.1, 0.15) is 43.4 Å². The zero-order valence-electron chi connectivity index (χ0n) is 8.33. The molecule has 0 amide bonds. The third-order valence-corrected chi connectivity index (χ3v) is 5.37. The van der Waals surface area contributed by atoms with E-state index in [2.05, 4.69) is 17.5 Å². The number of aliphatic hydroxyl groups is 1. The zero-order chi connectivity index (χ0) is 9.65. The van der Waals surface area contributed by atoms with Crippen molar-refractivity contribution in [3.63, 3.8) is 0 Å². The van der Waals surface area contributed by atoms with Crippen molar-refractivity contribution >= 4 is 11.3 Å². The van der Waals surface area contributed by atoms with Crippen LogP contribution in [0.2, 0.25) is 0 Å². The zero-order valence-corrected chi connectivity index (χ0v) is 9.15. The number of rotatable bonds is 1. The topological polar surface area (TPSA) is 20.2 Å². The van der Waals surface area contributed by atoms with E-state index in [0.717, 1.165) is 19.3 Å². The molecular formula is C12H16OS. The lowest BCUT2D eigenvalue weighted by molar-refractivity contribution is -0.0652. The van der Waals surface area contributed by atoms with Crippen LogP contribution in [-0.2, 0) is 5.41 Å². The molecule has 2 heteroatoms. The van der Waals surface area contributed by atoms with Crippen LogP contribution in [0.4, 0.5) is 0 Å². The van der Waals surface area contributed by atoms with Crippen LogP contribution in [0, 0.1) is 0 Å². The highest BCUT2D eigenvalue weighted by Crippen LogP contribution is 2.54. The van der Waals surface area contributed by atoms with Crippen molar-refractivity contribution in [3.8, 4) is 0 Å². The summed E-state index contributed by atoms with van der Waals surface area (Å²) in [4.78, 5) is 1.55. The van der Waals surface area contributed by atoms with E-state index in [-0.39, 0.29) is 5.60 Å². The normalized spacial score (nSPS) is 41.5. The van der Waals surface area contributed by atoms with Crippen molar-refractivity contribution in [1.29, 1.82) is 0 Å². The fraction of sp³-hybridized carbons (Fsp3) is 0.667. The molecule has 3 saturated carbocycles. The summed E-state index contributed by atoms with van der Waals surface area (Å²) in [5.74, 6) is 0. The van der Waals surface area contributed by atoms with Crippen LogP contribution in [0.15, 0.2) is 17.5 Å². The first-order chi connectivity index (χ1) is 6.73. The van der Waals surface area contributed by atoms with Gasteiger partial charge in [0.05, 0.1) is 5.60 Å². The maximum atomic E-state index is 10.1. The van der Waals surface area contributed by atoms with Gasteiger partial charge in [0.1, 0.15) is 0 Å². The summed E-state index contributed by atoms with van der Waals surface area (Å²) in [5, 5.41) is 12.3. The van der Waals surface area contributed by atoms with Gasteiger partial charge in [-0.2, -0.15) is 0 Å².